The molecule has 4 heteroatoms. The minimum absolute atomic E-state index is 0.121. The van der Waals surface area contributed by atoms with E-state index in [1.54, 1.807) is 12.1 Å². The highest BCUT2D eigenvalue weighted by Crippen LogP contribution is 2.32. The first kappa shape index (κ1) is 13.5. The summed E-state index contributed by atoms with van der Waals surface area (Å²) in [5, 5.41) is 0. The maximum Gasteiger partial charge on any atom is 0.258 e. The van der Waals surface area contributed by atoms with E-state index in [1.165, 1.54) is 38.3 Å². The smallest absolute Gasteiger partial charge is 0.258 e. The molecule has 1 amide bonds. The van der Waals surface area contributed by atoms with Crippen LogP contribution in [0.1, 0.15) is 55.3 Å². The molecule has 0 aliphatic heterocycles. The molecule has 0 unspecified atom stereocenters. The number of rotatable bonds is 4. The first-order valence-electron chi connectivity index (χ1n) is 7.67. The van der Waals surface area contributed by atoms with Gasteiger partial charge in [0.25, 0.3) is 5.91 Å². The van der Waals surface area contributed by atoms with Crippen molar-refractivity contribution < 1.29 is 9.18 Å². The van der Waals surface area contributed by atoms with Crippen LogP contribution in [0.4, 0.5) is 4.39 Å². The van der Waals surface area contributed by atoms with Crippen LogP contribution in [0.15, 0.2) is 18.3 Å². The quantitative estimate of drug-likeness (QED) is 0.790. The van der Waals surface area contributed by atoms with Crippen molar-refractivity contribution in [2.24, 2.45) is 5.92 Å². The van der Waals surface area contributed by atoms with Gasteiger partial charge in [-0.2, -0.15) is 4.39 Å². The van der Waals surface area contributed by atoms with Gasteiger partial charge in [0.15, 0.2) is 0 Å². The Labute approximate surface area is 119 Å². The summed E-state index contributed by atoms with van der Waals surface area (Å²) in [5.41, 5.74) is 0.121. The van der Waals surface area contributed by atoms with Gasteiger partial charge in [-0.1, -0.05) is 19.3 Å². The molecular weight excluding hydrogens is 255 g/mol. The lowest BCUT2D eigenvalue weighted by Crippen LogP contribution is -2.38. The number of nitrogens with zero attached hydrogens (tertiary/aromatic N) is 2. The zero-order valence-corrected chi connectivity index (χ0v) is 11.7. The average Bonchev–Trinajstić information content (AvgIpc) is 3.30. The molecule has 2 saturated carbocycles. The molecule has 1 heterocycles. The normalized spacial score (nSPS) is 19.9. The summed E-state index contributed by atoms with van der Waals surface area (Å²) in [5.74, 6) is -0.233. The van der Waals surface area contributed by atoms with Crippen molar-refractivity contribution in [1.29, 1.82) is 0 Å². The molecule has 2 aliphatic carbocycles. The molecule has 3 rings (SSSR count). The molecule has 1 aromatic rings. The van der Waals surface area contributed by atoms with Crippen LogP contribution >= 0.6 is 0 Å². The molecule has 0 radical (unpaired) electrons. The van der Waals surface area contributed by atoms with E-state index in [0.29, 0.717) is 12.0 Å². The molecule has 3 nitrogen and oxygen atoms in total. The minimum Gasteiger partial charge on any atom is -0.335 e. The van der Waals surface area contributed by atoms with E-state index in [0.717, 1.165) is 19.4 Å². The Bertz CT molecular complexity index is 481. The van der Waals surface area contributed by atoms with Crippen molar-refractivity contribution in [3.63, 3.8) is 0 Å². The second-order valence-corrected chi connectivity index (χ2v) is 6.03. The standard InChI is InChI=1S/C16H21FN2O/c17-15-14(7-4-10-18-15)16(20)19(13-8-9-13)11-12-5-2-1-3-6-12/h4,7,10,12-13H,1-3,5-6,8-9,11H2. The zero-order chi connectivity index (χ0) is 13.9. The van der Waals surface area contributed by atoms with Crippen LogP contribution in [0.25, 0.3) is 0 Å². The highest BCUT2D eigenvalue weighted by Gasteiger charge is 2.35. The number of hydrogen-bond acceptors (Lipinski definition) is 2. The van der Waals surface area contributed by atoms with Crippen molar-refractivity contribution in [3.8, 4) is 0 Å². The van der Waals surface area contributed by atoms with E-state index in [9.17, 15) is 9.18 Å². The molecule has 0 bridgehead atoms. The third kappa shape index (κ3) is 3.00. The summed E-state index contributed by atoms with van der Waals surface area (Å²) in [6, 6.07) is 3.49. The molecule has 0 aromatic carbocycles. The summed E-state index contributed by atoms with van der Waals surface area (Å²) in [4.78, 5) is 18.1. The molecule has 2 aliphatic rings. The van der Waals surface area contributed by atoms with Crippen LogP contribution in [0.5, 0.6) is 0 Å². The molecule has 1 aromatic heterocycles. The molecule has 0 spiro atoms. The fourth-order valence-corrected chi connectivity index (χ4v) is 3.13. The molecule has 108 valence electrons. The van der Waals surface area contributed by atoms with E-state index in [4.69, 9.17) is 0 Å². The fourth-order valence-electron chi connectivity index (χ4n) is 3.13. The van der Waals surface area contributed by atoms with E-state index < -0.39 is 5.95 Å². The first-order valence-corrected chi connectivity index (χ1v) is 7.67. The van der Waals surface area contributed by atoms with Gasteiger partial charge in [0.05, 0.1) is 5.56 Å². The average molecular weight is 276 g/mol. The van der Waals surface area contributed by atoms with Gasteiger partial charge in [0.2, 0.25) is 5.95 Å². The van der Waals surface area contributed by atoms with Gasteiger partial charge < -0.3 is 4.90 Å². The van der Waals surface area contributed by atoms with Crippen LogP contribution in [-0.4, -0.2) is 28.4 Å². The van der Waals surface area contributed by atoms with Crippen molar-refractivity contribution in [3.05, 3.63) is 29.8 Å². The Morgan fingerprint density at radius 1 is 1.25 bits per heavy atom. The second kappa shape index (κ2) is 5.90. The van der Waals surface area contributed by atoms with Gasteiger partial charge in [-0.05, 0) is 43.7 Å². The minimum atomic E-state index is -0.646. The third-order valence-electron chi connectivity index (χ3n) is 4.42. The van der Waals surface area contributed by atoms with Gasteiger partial charge in [0.1, 0.15) is 0 Å². The highest BCUT2D eigenvalue weighted by atomic mass is 19.1. The number of pyridine rings is 1. The molecule has 20 heavy (non-hydrogen) atoms. The number of amides is 1. The van der Waals surface area contributed by atoms with Crippen molar-refractivity contribution in [1.82, 2.24) is 9.88 Å². The van der Waals surface area contributed by atoms with Gasteiger partial charge in [-0.15, -0.1) is 0 Å². The lowest BCUT2D eigenvalue weighted by molar-refractivity contribution is 0.0693. The largest absolute Gasteiger partial charge is 0.335 e. The molecular formula is C16H21FN2O. The van der Waals surface area contributed by atoms with Gasteiger partial charge in [-0.25, -0.2) is 4.98 Å². The predicted octanol–water partition coefficient (Wildman–Crippen LogP) is 3.41. The number of hydrogen-bond donors (Lipinski definition) is 0. The van der Waals surface area contributed by atoms with Crippen molar-refractivity contribution in [2.75, 3.05) is 6.54 Å². The van der Waals surface area contributed by atoms with Gasteiger partial charge in [0, 0.05) is 18.8 Å². The SMILES string of the molecule is O=C(c1cccnc1F)N(CC1CCCCC1)C1CC1. The van der Waals surface area contributed by atoms with E-state index >= 15 is 0 Å². The summed E-state index contributed by atoms with van der Waals surface area (Å²) >= 11 is 0. The van der Waals surface area contributed by atoms with E-state index in [-0.39, 0.29) is 11.5 Å². The van der Waals surface area contributed by atoms with Crippen LogP contribution in [0.2, 0.25) is 0 Å². The first-order chi connectivity index (χ1) is 9.75. The number of carbonyl (C=O) groups is 1. The molecule has 0 saturated heterocycles. The van der Waals surface area contributed by atoms with Gasteiger partial charge >= 0.3 is 0 Å². The highest BCUT2D eigenvalue weighted by molar-refractivity contribution is 5.94. The zero-order valence-electron chi connectivity index (χ0n) is 11.7. The summed E-state index contributed by atoms with van der Waals surface area (Å²) in [6.45, 7) is 0.790. The summed E-state index contributed by atoms with van der Waals surface area (Å²) < 4.78 is 13.7. The molecule has 0 N–H and O–H groups in total. The third-order valence-corrected chi connectivity index (χ3v) is 4.42. The molecule has 0 atom stereocenters. The van der Waals surface area contributed by atoms with Crippen LogP contribution in [0.3, 0.4) is 0 Å². The van der Waals surface area contributed by atoms with Crippen molar-refractivity contribution >= 4 is 5.91 Å². The number of aromatic nitrogens is 1. The Morgan fingerprint density at radius 3 is 2.65 bits per heavy atom. The van der Waals surface area contributed by atoms with Crippen LogP contribution in [-0.2, 0) is 0 Å². The number of halogens is 1. The monoisotopic (exact) mass is 276 g/mol. The van der Waals surface area contributed by atoms with Gasteiger partial charge in [-0.3, -0.25) is 4.79 Å². The van der Waals surface area contributed by atoms with Crippen LogP contribution in [0, 0.1) is 11.9 Å². The number of carbonyl (C=O) groups excluding carboxylic acids is 1. The van der Waals surface area contributed by atoms with Crippen LogP contribution < -0.4 is 0 Å². The fraction of sp³-hybridized carbons (Fsp3) is 0.625. The molecule has 2 fully saturated rings. The van der Waals surface area contributed by atoms with E-state index in [1.807, 2.05) is 4.90 Å². The lowest BCUT2D eigenvalue weighted by Gasteiger charge is -2.30. The Kier molecular flexibility index (Phi) is 3.99. The lowest BCUT2D eigenvalue weighted by atomic mass is 9.89. The van der Waals surface area contributed by atoms with Crippen molar-refractivity contribution in [2.45, 2.75) is 51.0 Å². The van der Waals surface area contributed by atoms with E-state index in [2.05, 4.69) is 4.98 Å². The Balaban J connectivity index is 1.73. The maximum absolute atomic E-state index is 13.7. The predicted molar refractivity (Wildman–Crippen MR) is 74.8 cm³/mol. The summed E-state index contributed by atoms with van der Waals surface area (Å²) in [7, 11) is 0. The topological polar surface area (TPSA) is 33.2 Å². The Hall–Kier alpha value is -1.45. The Morgan fingerprint density at radius 2 is 2.00 bits per heavy atom. The second-order valence-electron chi connectivity index (χ2n) is 6.03. The maximum atomic E-state index is 13.7. The summed E-state index contributed by atoms with van der Waals surface area (Å²) in [6.07, 6.45) is 9.73.